The summed E-state index contributed by atoms with van der Waals surface area (Å²) in [6.45, 7) is 0.165. The minimum Gasteiger partial charge on any atom is -0.363 e. The second-order valence-electron chi connectivity index (χ2n) is 3.43. The van der Waals surface area contributed by atoms with Gasteiger partial charge in [0.15, 0.2) is 11.6 Å². The normalized spacial score (nSPS) is 10.3. The third-order valence-electron chi connectivity index (χ3n) is 2.21. The molecule has 0 saturated carbocycles. The van der Waals surface area contributed by atoms with E-state index >= 15 is 0 Å². The highest BCUT2D eigenvalue weighted by Gasteiger charge is 2.05. The van der Waals surface area contributed by atoms with Crippen LogP contribution >= 0.6 is 11.6 Å². The van der Waals surface area contributed by atoms with Crippen molar-refractivity contribution in [1.29, 1.82) is 0 Å². The smallest absolute Gasteiger partial charge is 0.166 e. The molecule has 0 saturated heterocycles. The Bertz CT molecular complexity index is 532. The van der Waals surface area contributed by atoms with Gasteiger partial charge in [-0.2, -0.15) is 0 Å². The predicted octanol–water partition coefficient (Wildman–Crippen LogP) is 3.63. The molecule has 1 N–H and O–H groups in total. The summed E-state index contributed by atoms with van der Waals surface area (Å²) >= 11 is 5.57. The van der Waals surface area contributed by atoms with Crippen molar-refractivity contribution in [2.45, 2.75) is 6.54 Å². The Labute approximate surface area is 102 Å². The van der Waals surface area contributed by atoms with Crippen molar-refractivity contribution < 1.29 is 8.78 Å². The van der Waals surface area contributed by atoms with Crippen LogP contribution in [0.1, 0.15) is 5.56 Å². The molecular formula is C12H9ClF2N2. The molecule has 0 radical (unpaired) electrons. The summed E-state index contributed by atoms with van der Waals surface area (Å²) < 4.78 is 26.6. The number of rotatable bonds is 3. The van der Waals surface area contributed by atoms with Crippen molar-refractivity contribution in [3.63, 3.8) is 0 Å². The van der Waals surface area contributed by atoms with E-state index < -0.39 is 5.82 Å². The van der Waals surface area contributed by atoms with Gasteiger partial charge in [-0.05, 0) is 12.1 Å². The molecule has 0 amide bonds. The zero-order chi connectivity index (χ0) is 12.3. The lowest BCUT2D eigenvalue weighted by molar-refractivity contribution is 0.609. The number of pyridine rings is 1. The van der Waals surface area contributed by atoms with Crippen LogP contribution in [-0.4, -0.2) is 4.98 Å². The van der Waals surface area contributed by atoms with E-state index in [1.807, 2.05) is 0 Å². The highest BCUT2D eigenvalue weighted by atomic mass is 35.5. The zero-order valence-electron chi connectivity index (χ0n) is 8.75. The lowest BCUT2D eigenvalue weighted by Gasteiger charge is -2.07. The first-order valence-electron chi connectivity index (χ1n) is 4.95. The van der Waals surface area contributed by atoms with Crippen molar-refractivity contribution in [1.82, 2.24) is 4.98 Å². The first kappa shape index (κ1) is 11.8. The van der Waals surface area contributed by atoms with Gasteiger partial charge in [0, 0.05) is 18.3 Å². The van der Waals surface area contributed by atoms with E-state index in [4.69, 9.17) is 11.6 Å². The summed E-state index contributed by atoms with van der Waals surface area (Å²) in [4.78, 5) is 3.78. The summed E-state index contributed by atoms with van der Waals surface area (Å²) in [6, 6.07) is 7.43. The fourth-order valence-corrected chi connectivity index (χ4v) is 1.51. The van der Waals surface area contributed by atoms with Crippen molar-refractivity contribution in [2.24, 2.45) is 0 Å². The van der Waals surface area contributed by atoms with Gasteiger partial charge in [0.2, 0.25) is 0 Å². The summed E-state index contributed by atoms with van der Waals surface area (Å²) in [5.41, 5.74) is 0.448. The van der Waals surface area contributed by atoms with Crippen LogP contribution in [-0.2, 0) is 6.54 Å². The molecule has 1 heterocycles. The van der Waals surface area contributed by atoms with Gasteiger partial charge in [-0.3, -0.25) is 0 Å². The Balaban J connectivity index is 2.10. The molecule has 17 heavy (non-hydrogen) atoms. The maximum Gasteiger partial charge on any atom is 0.166 e. The Morgan fingerprint density at radius 3 is 2.65 bits per heavy atom. The monoisotopic (exact) mass is 254 g/mol. The molecule has 0 bridgehead atoms. The van der Waals surface area contributed by atoms with Gasteiger partial charge in [-0.25, -0.2) is 13.8 Å². The molecule has 88 valence electrons. The van der Waals surface area contributed by atoms with Crippen LogP contribution in [0.4, 0.5) is 14.6 Å². The van der Waals surface area contributed by atoms with Crippen LogP contribution in [0.5, 0.6) is 0 Å². The van der Waals surface area contributed by atoms with Gasteiger partial charge in [-0.15, -0.1) is 0 Å². The average Bonchev–Trinajstić information content (AvgIpc) is 2.30. The van der Waals surface area contributed by atoms with Gasteiger partial charge in [-0.1, -0.05) is 29.8 Å². The van der Waals surface area contributed by atoms with Crippen LogP contribution in [0.15, 0.2) is 36.5 Å². The van der Waals surface area contributed by atoms with Crippen molar-refractivity contribution in [2.75, 3.05) is 5.32 Å². The predicted molar refractivity (Wildman–Crippen MR) is 62.9 cm³/mol. The molecule has 1 aromatic carbocycles. The Hall–Kier alpha value is -1.68. The second kappa shape index (κ2) is 5.10. The van der Waals surface area contributed by atoms with E-state index in [1.165, 1.54) is 12.3 Å². The van der Waals surface area contributed by atoms with Crippen molar-refractivity contribution >= 4 is 17.4 Å². The Kier molecular flexibility index (Phi) is 3.54. The first-order valence-corrected chi connectivity index (χ1v) is 5.33. The van der Waals surface area contributed by atoms with E-state index in [1.54, 1.807) is 18.2 Å². The van der Waals surface area contributed by atoms with Gasteiger partial charge in [0.25, 0.3) is 0 Å². The minimum atomic E-state index is -0.561. The van der Waals surface area contributed by atoms with Crippen LogP contribution in [0.3, 0.4) is 0 Å². The van der Waals surface area contributed by atoms with E-state index in [-0.39, 0.29) is 23.2 Å². The molecule has 0 unspecified atom stereocenters. The van der Waals surface area contributed by atoms with E-state index in [0.29, 0.717) is 5.56 Å². The summed E-state index contributed by atoms with van der Waals surface area (Å²) in [7, 11) is 0. The topological polar surface area (TPSA) is 24.9 Å². The number of anilines is 1. The number of benzene rings is 1. The number of hydrogen-bond donors (Lipinski definition) is 1. The summed E-state index contributed by atoms with van der Waals surface area (Å²) in [5.74, 6) is -0.846. The Morgan fingerprint density at radius 1 is 1.18 bits per heavy atom. The lowest BCUT2D eigenvalue weighted by atomic mass is 10.2. The second-order valence-corrected chi connectivity index (χ2v) is 3.87. The molecule has 0 fully saturated rings. The number of aromatic nitrogens is 1. The third kappa shape index (κ3) is 2.91. The largest absolute Gasteiger partial charge is 0.363 e. The lowest BCUT2D eigenvalue weighted by Crippen LogP contribution is -2.05. The molecule has 0 aliphatic heterocycles. The van der Waals surface area contributed by atoms with Gasteiger partial charge >= 0.3 is 0 Å². The van der Waals surface area contributed by atoms with Crippen molar-refractivity contribution in [3.05, 3.63) is 58.7 Å². The van der Waals surface area contributed by atoms with Crippen LogP contribution in [0, 0.1) is 11.6 Å². The zero-order valence-corrected chi connectivity index (χ0v) is 9.51. The molecule has 1 aromatic heterocycles. The average molecular weight is 255 g/mol. The molecule has 2 nitrogen and oxygen atoms in total. The SMILES string of the molecule is Fc1ccccc1CNc1ncc(Cl)cc1F. The minimum absolute atomic E-state index is 0.0534. The van der Waals surface area contributed by atoms with Gasteiger partial charge < -0.3 is 5.32 Å². The maximum atomic E-state index is 13.4. The maximum absolute atomic E-state index is 13.4. The van der Waals surface area contributed by atoms with Crippen LogP contribution in [0.25, 0.3) is 0 Å². The fraction of sp³-hybridized carbons (Fsp3) is 0.0833. The molecule has 5 heteroatoms. The molecule has 2 rings (SSSR count). The van der Waals surface area contributed by atoms with Crippen LogP contribution < -0.4 is 5.32 Å². The van der Waals surface area contributed by atoms with Gasteiger partial charge in [0.05, 0.1) is 5.02 Å². The van der Waals surface area contributed by atoms with Crippen molar-refractivity contribution in [3.8, 4) is 0 Å². The molecule has 2 aromatic rings. The van der Waals surface area contributed by atoms with Crippen LogP contribution in [0.2, 0.25) is 5.02 Å². The first-order chi connectivity index (χ1) is 8.16. The van der Waals surface area contributed by atoms with E-state index in [2.05, 4.69) is 10.3 Å². The molecule has 0 spiro atoms. The number of nitrogens with one attached hydrogen (secondary N) is 1. The van der Waals surface area contributed by atoms with E-state index in [0.717, 1.165) is 6.07 Å². The molecular weight excluding hydrogens is 246 g/mol. The van der Waals surface area contributed by atoms with Gasteiger partial charge in [0.1, 0.15) is 5.82 Å². The fourth-order valence-electron chi connectivity index (χ4n) is 1.37. The highest BCUT2D eigenvalue weighted by molar-refractivity contribution is 6.30. The molecule has 0 atom stereocenters. The third-order valence-corrected chi connectivity index (χ3v) is 2.42. The number of nitrogens with zero attached hydrogens (tertiary/aromatic N) is 1. The summed E-state index contributed by atoms with van der Waals surface area (Å²) in [6.07, 6.45) is 1.33. The summed E-state index contributed by atoms with van der Waals surface area (Å²) in [5, 5.41) is 2.93. The molecule has 0 aliphatic carbocycles. The number of halogens is 3. The standard InChI is InChI=1S/C12H9ClF2N2/c13-9-5-11(15)12(17-7-9)16-6-8-3-1-2-4-10(8)14/h1-5,7H,6H2,(H,16,17). The number of hydrogen-bond acceptors (Lipinski definition) is 2. The highest BCUT2D eigenvalue weighted by Crippen LogP contribution is 2.16. The quantitative estimate of drug-likeness (QED) is 0.905. The molecule has 0 aliphatic rings. The Morgan fingerprint density at radius 2 is 1.94 bits per heavy atom. The van der Waals surface area contributed by atoms with E-state index in [9.17, 15) is 8.78 Å².